The molecule has 0 aromatic carbocycles. The van der Waals surface area contributed by atoms with Gasteiger partial charge in [-0.15, -0.1) is 0 Å². The van der Waals surface area contributed by atoms with Crippen molar-refractivity contribution >= 4 is 5.78 Å². The summed E-state index contributed by atoms with van der Waals surface area (Å²) in [5, 5.41) is 2.71. The number of nitrogens with two attached hydrogens (primary N) is 1. The Balaban J connectivity index is 1.88. The van der Waals surface area contributed by atoms with Gasteiger partial charge in [-0.1, -0.05) is 0 Å². The quantitative estimate of drug-likeness (QED) is 0.691. The SMILES string of the molecule is N[C@@H]1CCN(Cc2cc(=O)n3[nH]cnc3n2)C1. The van der Waals surface area contributed by atoms with Crippen LogP contribution in [-0.2, 0) is 6.54 Å². The lowest BCUT2D eigenvalue weighted by Crippen LogP contribution is -2.27. The highest BCUT2D eigenvalue weighted by Crippen LogP contribution is 2.10. The van der Waals surface area contributed by atoms with Crippen LogP contribution in [0.5, 0.6) is 0 Å². The molecule has 1 aliphatic heterocycles. The second-order valence-corrected chi connectivity index (χ2v) is 4.39. The number of aromatic amines is 1. The molecule has 1 atom stereocenters. The van der Waals surface area contributed by atoms with E-state index in [-0.39, 0.29) is 11.6 Å². The molecule has 1 saturated heterocycles. The fourth-order valence-corrected chi connectivity index (χ4v) is 2.18. The third-order valence-corrected chi connectivity index (χ3v) is 3.02. The summed E-state index contributed by atoms with van der Waals surface area (Å²) in [5.74, 6) is 0.413. The van der Waals surface area contributed by atoms with Gasteiger partial charge < -0.3 is 5.73 Å². The fraction of sp³-hybridized carbons (Fsp3) is 0.500. The number of H-pyrrole nitrogens is 1. The molecular formula is C10H14N6O. The van der Waals surface area contributed by atoms with Crippen molar-refractivity contribution in [3.63, 3.8) is 0 Å². The summed E-state index contributed by atoms with van der Waals surface area (Å²) in [6.45, 7) is 2.48. The molecule has 7 heteroatoms. The Morgan fingerprint density at radius 1 is 1.59 bits per heavy atom. The third-order valence-electron chi connectivity index (χ3n) is 3.02. The van der Waals surface area contributed by atoms with Gasteiger partial charge in [0.1, 0.15) is 6.33 Å². The molecular weight excluding hydrogens is 220 g/mol. The van der Waals surface area contributed by atoms with Gasteiger partial charge in [0.25, 0.3) is 11.3 Å². The molecule has 0 saturated carbocycles. The van der Waals surface area contributed by atoms with Crippen LogP contribution in [0.3, 0.4) is 0 Å². The van der Waals surface area contributed by atoms with Crippen molar-refractivity contribution < 1.29 is 0 Å². The maximum absolute atomic E-state index is 11.7. The van der Waals surface area contributed by atoms with Crippen LogP contribution in [0.15, 0.2) is 17.2 Å². The van der Waals surface area contributed by atoms with Crippen LogP contribution in [0.4, 0.5) is 0 Å². The third kappa shape index (κ3) is 1.94. The van der Waals surface area contributed by atoms with E-state index in [0.717, 1.165) is 25.2 Å². The van der Waals surface area contributed by atoms with E-state index in [0.29, 0.717) is 12.3 Å². The molecule has 2 aromatic rings. The zero-order valence-electron chi connectivity index (χ0n) is 9.33. The first kappa shape index (κ1) is 10.4. The van der Waals surface area contributed by atoms with E-state index < -0.39 is 0 Å². The first-order chi connectivity index (χ1) is 8.22. The van der Waals surface area contributed by atoms with Crippen molar-refractivity contribution in [2.75, 3.05) is 13.1 Å². The zero-order chi connectivity index (χ0) is 11.8. The molecule has 0 radical (unpaired) electrons. The summed E-state index contributed by atoms with van der Waals surface area (Å²) in [6.07, 6.45) is 2.46. The van der Waals surface area contributed by atoms with Gasteiger partial charge in [0, 0.05) is 31.7 Å². The summed E-state index contributed by atoms with van der Waals surface area (Å²) < 4.78 is 1.32. The minimum atomic E-state index is -0.133. The fourth-order valence-electron chi connectivity index (χ4n) is 2.18. The van der Waals surface area contributed by atoms with Crippen molar-refractivity contribution in [3.05, 3.63) is 28.4 Å². The predicted molar refractivity (Wildman–Crippen MR) is 61.5 cm³/mol. The van der Waals surface area contributed by atoms with Crippen molar-refractivity contribution in [2.45, 2.75) is 19.0 Å². The van der Waals surface area contributed by atoms with Gasteiger partial charge in [0.2, 0.25) is 0 Å². The molecule has 7 nitrogen and oxygen atoms in total. The second-order valence-electron chi connectivity index (χ2n) is 4.39. The van der Waals surface area contributed by atoms with Crippen molar-refractivity contribution in [3.8, 4) is 0 Å². The van der Waals surface area contributed by atoms with E-state index in [9.17, 15) is 4.79 Å². The van der Waals surface area contributed by atoms with Crippen LogP contribution < -0.4 is 11.3 Å². The lowest BCUT2D eigenvalue weighted by molar-refractivity contribution is 0.322. The van der Waals surface area contributed by atoms with Crippen LogP contribution in [0.2, 0.25) is 0 Å². The average molecular weight is 234 g/mol. The first-order valence-electron chi connectivity index (χ1n) is 5.62. The van der Waals surface area contributed by atoms with E-state index in [1.807, 2.05) is 0 Å². The number of aromatic nitrogens is 4. The largest absolute Gasteiger partial charge is 0.326 e. The number of fused-ring (bicyclic) bond motifs is 1. The van der Waals surface area contributed by atoms with Gasteiger partial charge >= 0.3 is 0 Å². The Hall–Kier alpha value is -1.73. The molecule has 90 valence electrons. The molecule has 3 rings (SSSR count). The minimum Gasteiger partial charge on any atom is -0.326 e. The van der Waals surface area contributed by atoms with Crippen LogP contribution >= 0.6 is 0 Å². The van der Waals surface area contributed by atoms with E-state index in [2.05, 4.69) is 20.0 Å². The van der Waals surface area contributed by atoms with E-state index in [4.69, 9.17) is 5.73 Å². The molecule has 0 unspecified atom stereocenters. The van der Waals surface area contributed by atoms with E-state index in [1.54, 1.807) is 0 Å². The lowest BCUT2D eigenvalue weighted by Gasteiger charge is -2.13. The van der Waals surface area contributed by atoms with Crippen molar-refractivity contribution in [2.24, 2.45) is 5.73 Å². The molecule has 1 aliphatic rings. The maximum atomic E-state index is 11.7. The Kier molecular flexibility index (Phi) is 2.41. The number of hydrogen-bond donors (Lipinski definition) is 2. The smallest absolute Gasteiger partial charge is 0.274 e. The normalized spacial score (nSPS) is 21.4. The monoisotopic (exact) mass is 234 g/mol. The zero-order valence-corrected chi connectivity index (χ0v) is 9.33. The van der Waals surface area contributed by atoms with Crippen LogP contribution in [0, 0.1) is 0 Å². The molecule has 1 fully saturated rings. The van der Waals surface area contributed by atoms with Crippen LogP contribution in [0.1, 0.15) is 12.1 Å². The van der Waals surface area contributed by atoms with Gasteiger partial charge in [-0.25, -0.2) is 9.97 Å². The van der Waals surface area contributed by atoms with Crippen LogP contribution in [-0.4, -0.2) is 43.6 Å². The summed E-state index contributed by atoms with van der Waals surface area (Å²) in [5.41, 5.74) is 6.45. The lowest BCUT2D eigenvalue weighted by atomic mass is 10.3. The molecule has 0 bridgehead atoms. The molecule has 0 spiro atoms. The summed E-state index contributed by atoms with van der Waals surface area (Å²) >= 11 is 0. The highest BCUT2D eigenvalue weighted by Gasteiger charge is 2.19. The average Bonchev–Trinajstić information content (AvgIpc) is 2.87. The van der Waals surface area contributed by atoms with Crippen molar-refractivity contribution in [1.82, 2.24) is 24.5 Å². The number of hydrogen-bond acceptors (Lipinski definition) is 5. The topological polar surface area (TPSA) is 92.3 Å². The number of rotatable bonds is 2. The Morgan fingerprint density at radius 3 is 3.24 bits per heavy atom. The van der Waals surface area contributed by atoms with Gasteiger partial charge in [0.15, 0.2) is 0 Å². The number of nitrogens with zero attached hydrogens (tertiary/aromatic N) is 4. The van der Waals surface area contributed by atoms with Gasteiger partial charge in [-0.3, -0.25) is 14.8 Å². The summed E-state index contributed by atoms with van der Waals surface area (Å²) in [6, 6.07) is 1.78. The maximum Gasteiger partial charge on any atom is 0.274 e. The van der Waals surface area contributed by atoms with Gasteiger partial charge in [-0.2, -0.15) is 4.52 Å². The first-order valence-corrected chi connectivity index (χ1v) is 5.62. The Bertz CT molecular complexity index is 588. The molecule has 3 N–H and O–H groups in total. The van der Waals surface area contributed by atoms with E-state index in [1.165, 1.54) is 16.9 Å². The van der Waals surface area contributed by atoms with Gasteiger partial charge in [-0.05, 0) is 6.42 Å². The Morgan fingerprint density at radius 2 is 2.47 bits per heavy atom. The van der Waals surface area contributed by atoms with Crippen molar-refractivity contribution in [1.29, 1.82) is 0 Å². The van der Waals surface area contributed by atoms with E-state index >= 15 is 0 Å². The molecule has 3 heterocycles. The number of nitrogens with one attached hydrogen (secondary N) is 1. The highest BCUT2D eigenvalue weighted by molar-refractivity contribution is 5.25. The summed E-state index contributed by atoms with van der Waals surface area (Å²) in [7, 11) is 0. The highest BCUT2D eigenvalue weighted by atomic mass is 16.1. The Labute approximate surface area is 97.3 Å². The molecule has 0 amide bonds. The molecule has 2 aromatic heterocycles. The summed E-state index contributed by atoms with van der Waals surface area (Å²) in [4.78, 5) is 22.2. The van der Waals surface area contributed by atoms with Gasteiger partial charge in [0.05, 0.1) is 5.69 Å². The second kappa shape index (κ2) is 3.94. The standard InChI is InChI=1S/C10H14N6O/c11-7-1-2-15(4-7)5-8-3-9(17)16-10(14-8)12-6-13-16/h3,6-7H,1-2,4-5,11H2,(H,12,13,14)/t7-/m1/s1. The number of likely N-dealkylation sites (tertiary alicyclic amines) is 1. The molecule has 17 heavy (non-hydrogen) atoms. The van der Waals surface area contributed by atoms with Crippen LogP contribution in [0.25, 0.3) is 5.78 Å². The molecule has 0 aliphatic carbocycles. The minimum absolute atomic E-state index is 0.133. The predicted octanol–water partition coefficient (Wildman–Crippen LogP) is -1.05.